The molecule has 10 heteroatoms. The van der Waals surface area contributed by atoms with Crippen molar-refractivity contribution in [2.45, 2.75) is 17.4 Å². The maximum Gasteiger partial charge on any atom is 0.240 e. The van der Waals surface area contributed by atoms with Gasteiger partial charge < -0.3 is 25.2 Å². The maximum atomic E-state index is 12.3. The number of ether oxygens (including phenoxy) is 2. The molecule has 0 aromatic heterocycles. The highest BCUT2D eigenvalue weighted by atomic mass is 32.2. The fourth-order valence-electron chi connectivity index (χ4n) is 2.63. The van der Waals surface area contributed by atoms with Crippen LogP contribution >= 0.6 is 0 Å². The average molecular weight is 387 g/mol. The summed E-state index contributed by atoms with van der Waals surface area (Å²) in [5, 5.41) is 15.4. The van der Waals surface area contributed by atoms with Gasteiger partial charge >= 0.3 is 0 Å². The van der Waals surface area contributed by atoms with Crippen LogP contribution in [0.25, 0.3) is 0 Å². The molecule has 1 fully saturated rings. The molecule has 0 aliphatic carbocycles. The number of carbonyl (C=O) groups is 1. The van der Waals surface area contributed by atoms with Gasteiger partial charge in [0.15, 0.2) is 11.5 Å². The van der Waals surface area contributed by atoms with E-state index in [0.717, 1.165) is 0 Å². The molecule has 2 unspecified atom stereocenters. The molecule has 9 nitrogen and oxygen atoms in total. The van der Waals surface area contributed by atoms with E-state index in [1.54, 1.807) is 0 Å². The lowest BCUT2D eigenvalue weighted by Gasteiger charge is -2.14. The van der Waals surface area contributed by atoms with Crippen LogP contribution in [0.5, 0.6) is 11.5 Å². The number of hydrogen-bond donors (Lipinski definition) is 4. The Bertz CT molecular complexity index is 725. The Hall–Kier alpha value is -1.88. The van der Waals surface area contributed by atoms with Gasteiger partial charge in [-0.05, 0) is 12.1 Å². The molecule has 4 N–H and O–H groups in total. The van der Waals surface area contributed by atoms with Crippen molar-refractivity contribution in [1.82, 2.24) is 15.4 Å². The van der Waals surface area contributed by atoms with Crippen LogP contribution in [0, 0.1) is 5.92 Å². The first-order chi connectivity index (χ1) is 12.4. The van der Waals surface area contributed by atoms with E-state index in [9.17, 15) is 18.3 Å². The number of sulfonamides is 1. The largest absolute Gasteiger partial charge is 0.493 e. The Balaban J connectivity index is 1.83. The van der Waals surface area contributed by atoms with E-state index in [-0.39, 0.29) is 29.7 Å². The van der Waals surface area contributed by atoms with Gasteiger partial charge in [0.05, 0.1) is 25.2 Å². The summed E-state index contributed by atoms with van der Waals surface area (Å²) in [7, 11) is -0.887. The third kappa shape index (κ3) is 5.31. The Labute approximate surface area is 153 Å². The van der Waals surface area contributed by atoms with Crippen LogP contribution in [0.3, 0.4) is 0 Å². The van der Waals surface area contributed by atoms with E-state index >= 15 is 0 Å². The molecule has 26 heavy (non-hydrogen) atoms. The van der Waals surface area contributed by atoms with Crippen molar-refractivity contribution in [3.63, 3.8) is 0 Å². The van der Waals surface area contributed by atoms with Gasteiger partial charge in [-0.3, -0.25) is 4.79 Å². The van der Waals surface area contributed by atoms with Crippen molar-refractivity contribution in [2.75, 3.05) is 40.4 Å². The number of hydrogen-bond acceptors (Lipinski definition) is 7. The summed E-state index contributed by atoms with van der Waals surface area (Å²) in [5.41, 5.74) is 0. The van der Waals surface area contributed by atoms with Gasteiger partial charge in [0.1, 0.15) is 0 Å². The highest BCUT2D eigenvalue weighted by Crippen LogP contribution is 2.29. The molecule has 0 bridgehead atoms. The third-order valence-electron chi connectivity index (χ3n) is 4.18. The molecule has 1 saturated heterocycles. The van der Waals surface area contributed by atoms with Crippen molar-refractivity contribution in [3.05, 3.63) is 18.2 Å². The number of carbonyl (C=O) groups excluding carboxylic acids is 1. The molecule has 0 radical (unpaired) electrons. The number of methoxy groups -OCH3 is 2. The molecule has 1 heterocycles. The van der Waals surface area contributed by atoms with E-state index in [1.807, 2.05) is 0 Å². The first-order valence-electron chi connectivity index (χ1n) is 8.24. The summed E-state index contributed by atoms with van der Waals surface area (Å²) in [6.07, 6.45) is -0.471. The fourth-order valence-corrected chi connectivity index (χ4v) is 3.67. The van der Waals surface area contributed by atoms with Crippen LogP contribution in [-0.4, -0.2) is 65.9 Å². The van der Waals surface area contributed by atoms with Gasteiger partial charge in [-0.2, -0.15) is 0 Å². The summed E-state index contributed by atoms with van der Waals surface area (Å²) < 4.78 is 37.2. The lowest BCUT2D eigenvalue weighted by molar-refractivity contribution is -0.121. The second-order valence-corrected chi connectivity index (χ2v) is 7.72. The monoisotopic (exact) mass is 387 g/mol. The molecule has 2 rings (SSSR count). The van der Waals surface area contributed by atoms with Crippen molar-refractivity contribution in [3.8, 4) is 11.5 Å². The zero-order valence-corrected chi connectivity index (χ0v) is 15.6. The minimum atomic E-state index is -3.77. The average Bonchev–Trinajstić information content (AvgIpc) is 3.04. The SMILES string of the molecule is COc1ccc(S(=O)(=O)NCCC(=O)NCC2CNCC2O)cc1OC. The third-order valence-corrected chi connectivity index (χ3v) is 5.63. The van der Waals surface area contributed by atoms with Gasteiger partial charge in [-0.1, -0.05) is 0 Å². The quantitative estimate of drug-likeness (QED) is 0.431. The van der Waals surface area contributed by atoms with Crippen LogP contribution in [0.15, 0.2) is 23.1 Å². The Morgan fingerprint density at radius 3 is 2.62 bits per heavy atom. The number of aliphatic hydroxyl groups is 1. The summed E-state index contributed by atoms with van der Waals surface area (Å²) in [6.45, 7) is 1.49. The lowest BCUT2D eigenvalue weighted by Crippen LogP contribution is -2.36. The van der Waals surface area contributed by atoms with Crippen LogP contribution in [-0.2, 0) is 14.8 Å². The second-order valence-electron chi connectivity index (χ2n) is 5.95. The number of β-amino-alcohol motifs (C(OH)–C–C–N with tert-alkyl or cyclic N) is 1. The Kier molecular flexibility index (Phi) is 7.21. The van der Waals surface area contributed by atoms with Gasteiger partial charge in [0.25, 0.3) is 0 Å². The second kappa shape index (κ2) is 9.17. The van der Waals surface area contributed by atoms with E-state index < -0.39 is 16.1 Å². The van der Waals surface area contributed by atoms with Crippen LogP contribution < -0.4 is 24.8 Å². The molecule has 1 aliphatic rings. The van der Waals surface area contributed by atoms with Crippen LogP contribution in [0.4, 0.5) is 0 Å². The van der Waals surface area contributed by atoms with Crippen molar-refractivity contribution < 1.29 is 27.8 Å². The Morgan fingerprint density at radius 1 is 1.27 bits per heavy atom. The molecular weight excluding hydrogens is 362 g/mol. The number of nitrogens with one attached hydrogen (secondary N) is 3. The van der Waals surface area contributed by atoms with Crippen LogP contribution in [0.2, 0.25) is 0 Å². The number of amides is 1. The summed E-state index contributed by atoms with van der Waals surface area (Å²) >= 11 is 0. The Morgan fingerprint density at radius 2 is 2.00 bits per heavy atom. The maximum absolute atomic E-state index is 12.3. The molecule has 0 saturated carbocycles. The number of benzene rings is 1. The zero-order valence-electron chi connectivity index (χ0n) is 14.8. The minimum Gasteiger partial charge on any atom is -0.493 e. The molecule has 1 aromatic carbocycles. The predicted molar refractivity (Wildman–Crippen MR) is 94.7 cm³/mol. The predicted octanol–water partition coefficient (Wildman–Crippen LogP) is -0.931. The zero-order chi connectivity index (χ0) is 19.2. The van der Waals surface area contributed by atoms with Gasteiger partial charge in [0.2, 0.25) is 15.9 Å². The normalized spacial score (nSPS) is 20.0. The molecule has 1 aromatic rings. The van der Waals surface area contributed by atoms with Crippen molar-refractivity contribution >= 4 is 15.9 Å². The highest BCUT2D eigenvalue weighted by Gasteiger charge is 2.25. The summed E-state index contributed by atoms with van der Waals surface area (Å²) in [5.74, 6) is 0.424. The summed E-state index contributed by atoms with van der Waals surface area (Å²) in [6, 6.07) is 4.26. The lowest BCUT2D eigenvalue weighted by atomic mass is 10.1. The van der Waals surface area contributed by atoms with E-state index in [4.69, 9.17) is 9.47 Å². The van der Waals surface area contributed by atoms with Gasteiger partial charge in [-0.25, -0.2) is 13.1 Å². The van der Waals surface area contributed by atoms with Crippen molar-refractivity contribution in [1.29, 1.82) is 0 Å². The molecule has 146 valence electrons. The van der Waals surface area contributed by atoms with Gasteiger partial charge in [-0.15, -0.1) is 0 Å². The van der Waals surface area contributed by atoms with Crippen LogP contribution in [0.1, 0.15) is 6.42 Å². The fraction of sp³-hybridized carbons (Fsp3) is 0.562. The molecule has 2 atom stereocenters. The first-order valence-corrected chi connectivity index (χ1v) is 9.73. The van der Waals surface area contributed by atoms with E-state index in [1.165, 1.54) is 32.4 Å². The molecule has 0 spiro atoms. The molecule has 1 aliphatic heterocycles. The standard InChI is InChI=1S/C16H25N3O6S/c1-24-14-4-3-12(7-15(14)25-2)26(22,23)19-6-5-16(21)18-9-11-8-17-10-13(11)20/h3-4,7,11,13,17,19-20H,5-6,8-10H2,1-2H3,(H,18,21). The van der Waals surface area contributed by atoms with Crippen molar-refractivity contribution in [2.24, 2.45) is 5.92 Å². The number of rotatable bonds is 9. The smallest absolute Gasteiger partial charge is 0.240 e. The molecular formula is C16H25N3O6S. The minimum absolute atomic E-state index is 0.00274. The summed E-state index contributed by atoms with van der Waals surface area (Å²) in [4.78, 5) is 11.9. The molecule has 1 amide bonds. The number of aliphatic hydroxyl groups excluding tert-OH is 1. The van der Waals surface area contributed by atoms with Gasteiger partial charge in [0, 0.05) is 44.6 Å². The van der Waals surface area contributed by atoms with E-state index in [2.05, 4.69) is 15.4 Å². The first kappa shape index (κ1) is 20.4. The van der Waals surface area contributed by atoms with E-state index in [0.29, 0.717) is 31.1 Å². The topological polar surface area (TPSA) is 126 Å². The highest BCUT2D eigenvalue weighted by molar-refractivity contribution is 7.89.